The molecule has 4 aliphatic rings. The maximum atomic E-state index is 14.6. The van der Waals surface area contributed by atoms with Crippen molar-refractivity contribution in [3.63, 3.8) is 0 Å². The molecule has 3 heterocycles. The first kappa shape index (κ1) is 39.6. The Hall–Kier alpha value is -4.14. The number of likely N-dealkylation sites (tertiary alicyclic amines) is 1. The van der Waals surface area contributed by atoms with Gasteiger partial charge < -0.3 is 25.0 Å². The lowest BCUT2D eigenvalue weighted by molar-refractivity contribution is -0.143. The number of hydrogen-bond acceptors (Lipinski definition) is 9. The van der Waals surface area contributed by atoms with Gasteiger partial charge in [-0.25, -0.2) is 13.2 Å². The number of benzene rings is 1. The summed E-state index contributed by atoms with van der Waals surface area (Å²) in [5, 5.41) is 5.66. The third kappa shape index (κ3) is 8.11. The van der Waals surface area contributed by atoms with E-state index in [9.17, 15) is 27.6 Å². The van der Waals surface area contributed by atoms with Crippen LogP contribution in [0.3, 0.4) is 0 Å². The van der Waals surface area contributed by atoms with Gasteiger partial charge in [0.2, 0.25) is 21.8 Å². The first-order valence-corrected chi connectivity index (χ1v) is 20.7. The number of rotatable bonds is 3. The molecule has 14 nitrogen and oxygen atoms in total. The van der Waals surface area contributed by atoms with E-state index in [1.54, 1.807) is 20.8 Å². The van der Waals surface area contributed by atoms with Crippen molar-refractivity contribution in [3.8, 4) is 6.01 Å². The molecule has 6 rings (SSSR count). The van der Waals surface area contributed by atoms with Gasteiger partial charge in [0, 0.05) is 13.0 Å². The topological polar surface area (TPSA) is 178 Å². The van der Waals surface area contributed by atoms with E-state index >= 15 is 0 Å². The average Bonchev–Trinajstić information content (AvgIpc) is 3.94. The molecular weight excluding hydrogens is 713 g/mol. The molecule has 2 saturated carbocycles. The SMILES string of the molecule is CC[C@@H]1C[C@@]12NC(=O)[C@@H]1C[C@H](CN1C(=O)C(NC(=O)OC(C)(C)C)C(C)(C)C)Oc1nc3ccccc3n1CCC/C=C\CCC1(CC1)S(=O)(=O)NC2=O. The van der Waals surface area contributed by atoms with Crippen molar-refractivity contribution in [3.05, 3.63) is 36.4 Å². The Morgan fingerprint density at radius 1 is 1.07 bits per heavy atom. The fourth-order valence-corrected chi connectivity index (χ4v) is 9.47. The minimum absolute atomic E-state index is 0.00125. The molecule has 1 unspecified atom stereocenters. The van der Waals surface area contributed by atoms with Crippen LogP contribution in [0.4, 0.5) is 4.79 Å². The molecule has 296 valence electrons. The molecule has 2 aliphatic carbocycles. The molecule has 1 aromatic heterocycles. The summed E-state index contributed by atoms with van der Waals surface area (Å²) in [5.41, 5.74) is -1.42. The monoisotopic (exact) mass is 768 g/mol. The molecule has 3 fully saturated rings. The van der Waals surface area contributed by atoms with Crippen LogP contribution in [-0.4, -0.2) is 87.3 Å². The zero-order chi connectivity index (χ0) is 39.3. The number of fused-ring (bicyclic) bond motifs is 5. The molecule has 0 radical (unpaired) electrons. The van der Waals surface area contributed by atoms with Gasteiger partial charge in [0.05, 0.1) is 22.3 Å². The third-order valence-electron chi connectivity index (χ3n) is 11.2. The second-order valence-corrected chi connectivity index (χ2v) is 19.6. The van der Waals surface area contributed by atoms with E-state index < -0.39 is 73.3 Å². The summed E-state index contributed by atoms with van der Waals surface area (Å²) in [6, 6.07) is 5.90. The van der Waals surface area contributed by atoms with E-state index in [1.807, 2.05) is 62.6 Å². The number of nitrogens with zero attached hydrogens (tertiary/aromatic N) is 3. The molecular formula is C39H56N6O8S. The zero-order valence-electron chi connectivity index (χ0n) is 32.6. The van der Waals surface area contributed by atoms with Crippen molar-refractivity contribution in [2.45, 2.75) is 147 Å². The highest BCUT2D eigenvalue weighted by molar-refractivity contribution is 7.91. The molecule has 1 saturated heterocycles. The average molecular weight is 769 g/mol. The van der Waals surface area contributed by atoms with Crippen LogP contribution in [0.25, 0.3) is 11.0 Å². The van der Waals surface area contributed by atoms with E-state index in [2.05, 4.69) is 21.4 Å². The molecule has 2 bridgehead atoms. The number of para-hydroxylation sites is 2. The zero-order valence-corrected chi connectivity index (χ0v) is 33.4. The minimum atomic E-state index is -4.03. The van der Waals surface area contributed by atoms with Crippen molar-refractivity contribution in [1.29, 1.82) is 0 Å². The Labute approximate surface area is 318 Å². The Morgan fingerprint density at radius 3 is 2.43 bits per heavy atom. The van der Waals surface area contributed by atoms with Crippen LogP contribution in [-0.2, 0) is 35.7 Å². The molecule has 5 atom stereocenters. The van der Waals surface area contributed by atoms with Crippen LogP contribution >= 0.6 is 0 Å². The van der Waals surface area contributed by atoms with Gasteiger partial charge >= 0.3 is 6.09 Å². The predicted octanol–water partition coefficient (Wildman–Crippen LogP) is 4.72. The molecule has 2 aromatic rings. The number of ether oxygens (including phenoxy) is 2. The molecule has 1 aromatic carbocycles. The van der Waals surface area contributed by atoms with Gasteiger partial charge in [0.25, 0.3) is 11.9 Å². The minimum Gasteiger partial charge on any atom is -0.459 e. The fraction of sp³-hybridized carbons (Fsp3) is 0.667. The summed E-state index contributed by atoms with van der Waals surface area (Å²) in [6.07, 6.45) is 6.86. The molecule has 54 heavy (non-hydrogen) atoms. The van der Waals surface area contributed by atoms with Crippen LogP contribution < -0.4 is 20.1 Å². The first-order valence-electron chi connectivity index (χ1n) is 19.2. The van der Waals surface area contributed by atoms with Gasteiger partial charge in [-0.15, -0.1) is 0 Å². The molecule has 15 heteroatoms. The number of nitrogens with one attached hydrogen (secondary N) is 3. The van der Waals surface area contributed by atoms with Crippen LogP contribution in [0.15, 0.2) is 36.4 Å². The number of imidazole rings is 1. The van der Waals surface area contributed by atoms with Gasteiger partial charge in [0.15, 0.2) is 0 Å². The van der Waals surface area contributed by atoms with Crippen molar-refractivity contribution in [1.82, 2.24) is 29.8 Å². The number of carbonyl (C=O) groups excluding carboxylic acids is 4. The highest BCUT2D eigenvalue weighted by Gasteiger charge is 2.63. The van der Waals surface area contributed by atoms with E-state index in [-0.39, 0.29) is 25.3 Å². The number of amides is 4. The van der Waals surface area contributed by atoms with Gasteiger partial charge in [0.1, 0.15) is 29.3 Å². The molecule has 3 N–H and O–H groups in total. The normalized spacial score (nSPS) is 28.3. The quantitative estimate of drug-likeness (QED) is 0.373. The number of allylic oxidation sites excluding steroid dienone is 2. The van der Waals surface area contributed by atoms with Crippen molar-refractivity contribution in [2.24, 2.45) is 11.3 Å². The number of carbonyl (C=O) groups is 4. The smallest absolute Gasteiger partial charge is 0.408 e. The number of hydrogen-bond donors (Lipinski definition) is 3. The largest absolute Gasteiger partial charge is 0.459 e. The molecule has 2 aliphatic heterocycles. The summed E-state index contributed by atoms with van der Waals surface area (Å²) >= 11 is 0. The van der Waals surface area contributed by atoms with Crippen molar-refractivity contribution < 1.29 is 37.1 Å². The van der Waals surface area contributed by atoms with Gasteiger partial charge in [-0.1, -0.05) is 58.4 Å². The standard InChI is InChI=1S/C39H56N6O8S/c1-8-25-23-39(25)33(48)43-54(50,51)38(19-20-38)18-14-10-9-11-15-21-44-28-17-13-12-16-27(28)40-34(44)52-26-22-29(31(46)42-39)45(24-26)32(47)30(36(2,3)4)41-35(49)53-37(5,6)7/h9-10,12-13,16-17,25-26,29-30H,8,11,14-15,18-24H2,1-7H3,(H,41,49)(H,42,46)(H,43,48)/b10-9-/t25-,26-,29+,30?,39-/m1/s1. The Bertz CT molecular complexity index is 1920. The van der Waals surface area contributed by atoms with Gasteiger partial charge in [-0.3, -0.25) is 23.7 Å². The highest BCUT2D eigenvalue weighted by atomic mass is 32.2. The Balaban J connectivity index is 1.36. The lowest BCUT2D eigenvalue weighted by atomic mass is 9.85. The second-order valence-electron chi connectivity index (χ2n) is 17.5. The summed E-state index contributed by atoms with van der Waals surface area (Å²) in [7, 11) is -4.03. The summed E-state index contributed by atoms with van der Waals surface area (Å²) in [5.74, 6) is -2.16. The second kappa shape index (κ2) is 14.5. The lowest BCUT2D eigenvalue weighted by Crippen LogP contribution is -2.60. The lowest BCUT2D eigenvalue weighted by Gasteiger charge is -2.36. The summed E-state index contributed by atoms with van der Waals surface area (Å²) < 4.78 is 42.8. The Morgan fingerprint density at radius 2 is 1.78 bits per heavy atom. The number of alkyl carbamates (subject to hydrolysis) is 1. The van der Waals surface area contributed by atoms with E-state index in [0.29, 0.717) is 44.7 Å². The number of aryl methyl sites for hydroxylation is 1. The van der Waals surface area contributed by atoms with Crippen LogP contribution in [0.2, 0.25) is 0 Å². The third-order valence-corrected chi connectivity index (χ3v) is 13.4. The van der Waals surface area contributed by atoms with Crippen molar-refractivity contribution >= 4 is 44.9 Å². The highest BCUT2D eigenvalue weighted by Crippen LogP contribution is 2.50. The Kier molecular flexibility index (Phi) is 10.6. The summed E-state index contributed by atoms with van der Waals surface area (Å²) in [4.78, 5) is 62.2. The van der Waals surface area contributed by atoms with Crippen LogP contribution in [0.5, 0.6) is 6.01 Å². The number of sulfonamides is 1. The maximum Gasteiger partial charge on any atom is 0.408 e. The fourth-order valence-electron chi connectivity index (χ4n) is 7.80. The summed E-state index contributed by atoms with van der Waals surface area (Å²) in [6.45, 7) is 13.1. The van der Waals surface area contributed by atoms with Gasteiger partial charge in [-0.05, 0) is 89.2 Å². The van der Waals surface area contributed by atoms with Crippen molar-refractivity contribution in [2.75, 3.05) is 6.54 Å². The predicted molar refractivity (Wildman–Crippen MR) is 203 cm³/mol. The maximum absolute atomic E-state index is 14.6. The van der Waals surface area contributed by atoms with Crippen LogP contribution in [0, 0.1) is 11.3 Å². The van der Waals surface area contributed by atoms with E-state index in [1.165, 1.54) is 4.90 Å². The van der Waals surface area contributed by atoms with Gasteiger partial charge in [-0.2, -0.15) is 4.98 Å². The van der Waals surface area contributed by atoms with E-state index in [0.717, 1.165) is 23.9 Å². The first-order chi connectivity index (χ1) is 25.3. The van der Waals surface area contributed by atoms with E-state index in [4.69, 9.17) is 14.5 Å². The number of aromatic nitrogens is 2. The molecule has 4 amide bonds. The molecule has 2 spiro atoms. The van der Waals surface area contributed by atoms with Crippen LogP contribution in [0.1, 0.15) is 106 Å².